The highest BCUT2D eigenvalue weighted by Crippen LogP contribution is 2.15. The molecule has 2 N–H and O–H groups in total. The van der Waals surface area contributed by atoms with Crippen LogP contribution < -0.4 is 5.32 Å². The summed E-state index contributed by atoms with van der Waals surface area (Å²) in [7, 11) is 1.63. The standard InChI is InChI=1S/C19H28N6O2S/c1-15-3-5-16(6-4-15)18-21-19(28)25(22-18)14-24-10-8-23(9-11-24)13-17(26)20-7-12-27-2/h3-6H,7-14H2,1-2H3,(H,20,26)(H,21,22,28). The average molecular weight is 405 g/mol. The quantitative estimate of drug-likeness (QED) is 0.509. The molecule has 1 fully saturated rings. The topological polar surface area (TPSA) is 78.4 Å². The molecule has 1 aliphatic rings. The fourth-order valence-corrected chi connectivity index (χ4v) is 3.33. The molecule has 0 saturated carbocycles. The first-order valence-electron chi connectivity index (χ1n) is 9.49. The van der Waals surface area contributed by atoms with E-state index in [9.17, 15) is 4.79 Å². The summed E-state index contributed by atoms with van der Waals surface area (Å²) in [5.41, 5.74) is 2.24. The number of methoxy groups -OCH3 is 1. The third-order valence-corrected chi connectivity index (χ3v) is 5.12. The molecule has 0 aliphatic carbocycles. The highest BCUT2D eigenvalue weighted by molar-refractivity contribution is 7.71. The van der Waals surface area contributed by atoms with Crippen molar-refractivity contribution in [3.05, 3.63) is 34.6 Å². The van der Waals surface area contributed by atoms with Crippen LogP contribution in [0.3, 0.4) is 0 Å². The van der Waals surface area contributed by atoms with Gasteiger partial charge in [0.05, 0.1) is 19.8 Å². The molecule has 8 nitrogen and oxygen atoms in total. The van der Waals surface area contributed by atoms with Crippen molar-refractivity contribution in [2.24, 2.45) is 0 Å². The Morgan fingerprint density at radius 1 is 1.21 bits per heavy atom. The number of carbonyl (C=O) groups is 1. The Balaban J connectivity index is 1.49. The van der Waals surface area contributed by atoms with Crippen molar-refractivity contribution in [3.63, 3.8) is 0 Å². The maximum atomic E-state index is 11.9. The average Bonchev–Trinajstić information content (AvgIpc) is 3.04. The second-order valence-electron chi connectivity index (χ2n) is 7.03. The van der Waals surface area contributed by atoms with Gasteiger partial charge in [0.25, 0.3) is 0 Å². The molecule has 28 heavy (non-hydrogen) atoms. The fraction of sp³-hybridized carbons (Fsp3) is 0.526. The van der Waals surface area contributed by atoms with Crippen molar-refractivity contribution in [2.75, 3.05) is 53.0 Å². The lowest BCUT2D eigenvalue weighted by molar-refractivity contribution is -0.122. The summed E-state index contributed by atoms with van der Waals surface area (Å²) in [6, 6.07) is 8.22. The molecule has 1 aromatic carbocycles. The summed E-state index contributed by atoms with van der Waals surface area (Å²) in [4.78, 5) is 20.9. The van der Waals surface area contributed by atoms with E-state index in [0.717, 1.165) is 37.6 Å². The molecule has 2 heterocycles. The van der Waals surface area contributed by atoms with Gasteiger partial charge < -0.3 is 10.1 Å². The van der Waals surface area contributed by atoms with Gasteiger partial charge in [-0.15, -0.1) is 0 Å². The lowest BCUT2D eigenvalue weighted by Gasteiger charge is -2.34. The molecule has 0 bridgehead atoms. The maximum absolute atomic E-state index is 11.9. The van der Waals surface area contributed by atoms with Gasteiger partial charge in [0.1, 0.15) is 0 Å². The van der Waals surface area contributed by atoms with E-state index >= 15 is 0 Å². The van der Waals surface area contributed by atoms with Gasteiger partial charge in [-0.1, -0.05) is 29.8 Å². The third kappa shape index (κ3) is 5.71. The van der Waals surface area contributed by atoms with Crippen LogP contribution in [0, 0.1) is 11.7 Å². The highest BCUT2D eigenvalue weighted by Gasteiger charge is 2.19. The molecular formula is C19H28N6O2S. The lowest BCUT2D eigenvalue weighted by Crippen LogP contribution is -2.49. The van der Waals surface area contributed by atoms with E-state index < -0.39 is 0 Å². The summed E-state index contributed by atoms with van der Waals surface area (Å²) in [6.07, 6.45) is 0. The first kappa shape index (κ1) is 20.7. The zero-order valence-electron chi connectivity index (χ0n) is 16.5. The van der Waals surface area contributed by atoms with Gasteiger partial charge in [0.15, 0.2) is 5.82 Å². The summed E-state index contributed by atoms with van der Waals surface area (Å²) in [5, 5.41) is 6.17. The Labute approximate surface area is 170 Å². The number of nitrogens with one attached hydrogen (secondary N) is 2. The van der Waals surface area contributed by atoms with Crippen LogP contribution in [-0.2, 0) is 16.2 Å². The number of rotatable bonds is 8. The molecule has 1 saturated heterocycles. The zero-order valence-corrected chi connectivity index (χ0v) is 17.3. The van der Waals surface area contributed by atoms with Crippen molar-refractivity contribution in [3.8, 4) is 11.4 Å². The summed E-state index contributed by atoms with van der Waals surface area (Å²) in [5.74, 6) is 0.834. The third-order valence-electron chi connectivity index (χ3n) is 4.81. The first-order valence-corrected chi connectivity index (χ1v) is 9.90. The molecular weight excluding hydrogens is 376 g/mol. The normalized spacial score (nSPS) is 15.6. The number of piperazine rings is 1. The van der Waals surface area contributed by atoms with Gasteiger partial charge in [-0.3, -0.25) is 19.7 Å². The molecule has 9 heteroatoms. The van der Waals surface area contributed by atoms with E-state index in [0.29, 0.717) is 31.1 Å². The van der Waals surface area contributed by atoms with Crippen molar-refractivity contribution < 1.29 is 9.53 Å². The van der Waals surface area contributed by atoms with Crippen molar-refractivity contribution in [1.29, 1.82) is 0 Å². The summed E-state index contributed by atoms with van der Waals surface area (Å²) >= 11 is 5.42. The molecule has 2 aromatic rings. The Morgan fingerprint density at radius 3 is 2.57 bits per heavy atom. The van der Waals surface area contributed by atoms with Crippen LogP contribution in [0.5, 0.6) is 0 Å². The van der Waals surface area contributed by atoms with E-state index in [1.54, 1.807) is 7.11 Å². The summed E-state index contributed by atoms with van der Waals surface area (Å²) in [6.45, 7) is 7.72. The number of aromatic amines is 1. The van der Waals surface area contributed by atoms with Crippen LogP contribution in [0.15, 0.2) is 24.3 Å². The minimum atomic E-state index is 0.0454. The molecule has 1 aliphatic heterocycles. The molecule has 1 aromatic heterocycles. The predicted molar refractivity (Wildman–Crippen MR) is 110 cm³/mol. The van der Waals surface area contributed by atoms with Gasteiger partial charge in [-0.05, 0) is 19.1 Å². The number of hydrogen-bond donors (Lipinski definition) is 2. The number of aryl methyl sites for hydroxylation is 1. The Morgan fingerprint density at radius 2 is 1.89 bits per heavy atom. The first-order chi connectivity index (χ1) is 13.5. The number of nitrogens with zero attached hydrogens (tertiary/aromatic N) is 4. The van der Waals surface area contributed by atoms with E-state index in [1.165, 1.54) is 5.56 Å². The number of aromatic nitrogens is 3. The number of amides is 1. The molecule has 0 radical (unpaired) electrons. The van der Waals surface area contributed by atoms with Gasteiger partial charge in [-0.2, -0.15) is 4.98 Å². The molecule has 3 rings (SSSR count). The molecule has 152 valence electrons. The van der Waals surface area contributed by atoms with Crippen molar-refractivity contribution in [2.45, 2.75) is 13.6 Å². The highest BCUT2D eigenvalue weighted by atomic mass is 32.1. The minimum Gasteiger partial charge on any atom is -0.383 e. The van der Waals surface area contributed by atoms with E-state index in [1.807, 2.05) is 16.8 Å². The number of hydrogen-bond acceptors (Lipinski definition) is 6. The minimum absolute atomic E-state index is 0.0454. The molecule has 0 atom stereocenters. The van der Waals surface area contributed by atoms with E-state index in [-0.39, 0.29) is 5.91 Å². The van der Waals surface area contributed by atoms with E-state index in [4.69, 9.17) is 17.0 Å². The summed E-state index contributed by atoms with van der Waals surface area (Å²) < 4.78 is 7.40. The van der Waals surface area contributed by atoms with Crippen LogP contribution in [0.2, 0.25) is 0 Å². The van der Waals surface area contributed by atoms with Gasteiger partial charge in [-0.25, -0.2) is 4.68 Å². The number of ether oxygens (including phenoxy) is 1. The van der Waals surface area contributed by atoms with Gasteiger partial charge in [0, 0.05) is 45.4 Å². The molecule has 1 amide bonds. The lowest BCUT2D eigenvalue weighted by atomic mass is 10.1. The SMILES string of the molecule is COCCNC(=O)CN1CCN(Cn2[nH]c(-c3ccc(C)cc3)nc2=S)CC1. The van der Waals surface area contributed by atoms with E-state index in [2.05, 4.69) is 44.3 Å². The smallest absolute Gasteiger partial charge is 0.234 e. The van der Waals surface area contributed by atoms with Crippen LogP contribution in [-0.4, -0.2) is 83.5 Å². The molecule has 0 spiro atoms. The Kier molecular flexibility index (Phi) is 7.32. The second-order valence-corrected chi connectivity index (χ2v) is 7.39. The maximum Gasteiger partial charge on any atom is 0.234 e. The number of carbonyl (C=O) groups excluding carboxylic acids is 1. The number of benzene rings is 1. The Bertz CT molecular complexity index is 824. The van der Waals surface area contributed by atoms with Gasteiger partial charge >= 0.3 is 0 Å². The van der Waals surface area contributed by atoms with Gasteiger partial charge in [0.2, 0.25) is 10.7 Å². The van der Waals surface area contributed by atoms with Crippen LogP contribution in [0.4, 0.5) is 0 Å². The monoisotopic (exact) mass is 404 g/mol. The van der Waals surface area contributed by atoms with Crippen molar-refractivity contribution >= 4 is 18.1 Å². The largest absolute Gasteiger partial charge is 0.383 e. The van der Waals surface area contributed by atoms with Crippen LogP contribution in [0.25, 0.3) is 11.4 Å². The zero-order chi connectivity index (χ0) is 19.9. The molecule has 0 unspecified atom stereocenters. The predicted octanol–water partition coefficient (Wildman–Crippen LogP) is 1.25. The van der Waals surface area contributed by atoms with Crippen LogP contribution >= 0.6 is 12.2 Å². The Hall–Kier alpha value is -2.07. The van der Waals surface area contributed by atoms with Crippen molar-refractivity contribution in [1.82, 2.24) is 29.9 Å². The second kappa shape index (κ2) is 9.92. The number of H-pyrrole nitrogens is 1. The fourth-order valence-electron chi connectivity index (χ4n) is 3.13. The van der Waals surface area contributed by atoms with Crippen LogP contribution in [0.1, 0.15) is 5.56 Å².